The Morgan fingerprint density at radius 1 is 0.909 bits per heavy atom. The molecule has 1 aliphatic rings. The van der Waals surface area contributed by atoms with Crippen molar-refractivity contribution in [2.45, 2.75) is 54.4 Å². The summed E-state index contributed by atoms with van der Waals surface area (Å²) in [6.45, 7) is 12.7. The standard InChI is InChI=1S/C21H26O/c1-20(2,3)17-11-7-8-12-18(21(4,5)6)14-10-16-19(22)15-9-13-17/h9,13-15H,10,16H2,1-6H3/b15-9+,17-13+,18-14+. The molecule has 0 bridgehead atoms. The fourth-order valence-electron chi connectivity index (χ4n) is 1.91. The van der Waals surface area contributed by atoms with E-state index >= 15 is 0 Å². The zero-order chi connectivity index (χ0) is 16.8. The molecule has 0 unspecified atom stereocenters. The minimum atomic E-state index is -0.0645. The van der Waals surface area contributed by atoms with Gasteiger partial charge in [0.2, 0.25) is 0 Å². The molecule has 0 spiro atoms. The topological polar surface area (TPSA) is 17.1 Å². The fourth-order valence-corrected chi connectivity index (χ4v) is 1.91. The molecule has 0 radical (unpaired) electrons. The molecule has 0 N–H and O–H groups in total. The summed E-state index contributed by atoms with van der Waals surface area (Å²) in [5.41, 5.74) is 1.92. The predicted octanol–water partition coefficient (Wildman–Crippen LogP) is 4.86. The zero-order valence-corrected chi connectivity index (χ0v) is 14.6. The minimum Gasteiger partial charge on any atom is -0.295 e. The summed E-state index contributed by atoms with van der Waals surface area (Å²) in [5, 5.41) is 0. The van der Waals surface area contributed by atoms with Gasteiger partial charge in [-0.3, -0.25) is 4.79 Å². The lowest BCUT2D eigenvalue weighted by Crippen LogP contribution is -2.08. The largest absolute Gasteiger partial charge is 0.295 e. The van der Waals surface area contributed by atoms with Crippen LogP contribution in [0.5, 0.6) is 0 Å². The molecule has 1 rings (SSSR count). The number of carbonyl (C=O) groups is 1. The molecule has 0 atom stereocenters. The van der Waals surface area contributed by atoms with Crippen molar-refractivity contribution in [3.05, 3.63) is 35.5 Å². The van der Waals surface area contributed by atoms with Gasteiger partial charge in [0.15, 0.2) is 5.78 Å². The average Bonchev–Trinajstić information content (AvgIpc) is 2.37. The highest BCUT2D eigenvalue weighted by atomic mass is 16.1. The van der Waals surface area contributed by atoms with Gasteiger partial charge in [0, 0.05) is 17.6 Å². The summed E-state index contributed by atoms with van der Waals surface area (Å²) in [4.78, 5) is 11.9. The second-order valence-corrected chi connectivity index (χ2v) is 7.56. The summed E-state index contributed by atoms with van der Waals surface area (Å²) in [6, 6.07) is 0. The molecule has 1 heteroatoms. The molecule has 22 heavy (non-hydrogen) atoms. The lowest BCUT2D eigenvalue weighted by Gasteiger charge is -2.18. The van der Waals surface area contributed by atoms with Crippen molar-refractivity contribution >= 4 is 5.78 Å². The third-order valence-corrected chi connectivity index (χ3v) is 3.36. The van der Waals surface area contributed by atoms with Crippen LogP contribution in [0.25, 0.3) is 0 Å². The molecule has 1 nitrogen and oxygen atoms in total. The van der Waals surface area contributed by atoms with E-state index < -0.39 is 0 Å². The average molecular weight is 294 g/mol. The molecule has 0 fully saturated rings. The van der Waals surface area contributed by atoms with E-state index in [0.29, 0.717) is 12.8 Å². The Bertz CT molecular complexity index is 632. The van der Waals surface area contributed by atoms with Gasteiger partial charge in [0.05, 0.1) is 0 Å². The molecular weight excluding hydrogens is 268 g/mol. The van der Waals surface area contributed by atoms with Crippen LogP contribution >= 0.6 is 0 Å². The third-order valence-electron chi connectivity index (χ3n) is 3.36. The Morgan fingerprint density at radius 2 is 1.45 bits per heavy atom. The van der Waals surface area contributed by atoms with E-state index in [1.165, 1.54) is 0 Å². The lowest BCUT2D eigenvalue weighted by molar-refractivity contribution is -0.114. The molecule has 0 aliphatic heterocycles. The number of carbonyl (C=O) groups excluding carboxylic acids is 1. The van der Waals surface area contributed by atoms with Crippen LogP contribution in [-0.2, 0) is 4.79 Å². The van der Waals surface area contributed by atoms with E-state index in [2.05, 4.69) is 71.3 Å². The second kappa shape index (κ2) is 7.33. The van der Waals surface area contributed by atoms with Gasteiger partial charge < -0.3 is 0 Å². The van der Waals surface area contributed by atoms with Gasteiger partial charge in [-0.2, -0.15) is 0 Å². The van der Waals surface area contributed by atoms with Gasteiger partial charge in [0.1, 0.15) is 0 Å². The maximum Gasteiger partial charge on any atom is 0.155 e. The molecule has 116 valence electrons. The normalized spacial score (nSPS) is 22.9. The molecule has 0 aromatic heterocycles. The molecular formula is C21H26O. The van der Waals surface area contributed by atoms with Crippen LogP contribution in [0, 0.1) is 34.5 Å². The van der Waals surface area contributed by atoms with E-state index in [9.17, 15) is 4.79 Å². The summed E-state index contributed by atoms with van der Waals surface area (Å²) >= 11 is 0. The van der Waals surface area contributed by atoms with Gasteiger partial charge in [0.25, 0.3) is 0 Å². The third kappa shape index (κ3) is 6.19. The summed E-state index contributed by atoms with van der Waals surface area (Å²) in [6.07, 6.45) is 8.65. The SMILES string of the molecule is CC(C)(C)/C1=C/C=C/C(=O)CC/C=C(/C(C)(C)C)C#CC#C1. The number of hydrogen-bond donors (Lipinski definition) is 0. The Kier molecular flexibility index (Phi) is 6.01. The minimum absolute atomic E-state index is 0.0313. The van der Waals surface area contributed by atoms with E-state index in [1.54, 1.807) is 12.2 Å². The quantitative estimate of drug-likeness (QED) is 0.583. The van der Waals surface area contributed by atoms with E-state index in [4.69, 9.17) is 0 Å². The molecule has 0 amide bonds. The summed E-state index contributed by atoms with van der Waals surface area (Å²) < 4.78 is 0. The molecule has 0 saturated heterocycles. The van der Waals surface area contributed by atoms with Crippen molar-refractivity contribution in [3.8, 4) is 23.7 Å². The summed E-state index contributed by atoms with van der Waals surface area (Å²) in [5.74, 6) is 12.3. The predicted molar refractivity (Wildman–Crippen MR) is 94.0 cm³/mol. The highest BCUT2D eigenvalue weighted by molar-refractivity contribution is 5.90. The lowest BCUT2D eigenvalue weighted by atomic mass is 9.85. The Labute approximate surface area is 135 Å². The Morgan fingerprint density at radius 3 is 2.00 bits per heavy atom. The number of rotatable bonds is 0. The molecule has 0 saturated carbocycles. The van der Waals surface area contributed by atoms with Gasteiger partial charge in [-0.1, -0.05) is 65.5 Å². The van der Waals surface area contributed by atoms with Crippen molar-refractivity contribution in [1.82, 2.24) is 0 Å². The fraction of sp³-hybridized carbons (Fsp3) is 0.476. The van der Waals surface area contributed by atoms with E-state index in [-0.39, 0.29) is 16.6 Å². The number of ketones is 1. The smallest absolute Gasteiger partial charge is 0.155 e. The van der Waals surface area contributed by atoms with Crippen molar-refractivity contribution in [3.63, 3.8) is 0 Å². The first-order valence-corrected chi connectivity index (χ1v) is 7.75. The van der Waals surface area contributed by atoms with Crippen LogP contribution in [0.4, 0.5) is 0 Å². The monoisotopic (exact) mass is 294 g/mol. The van der Waals surface area contributed by atoms with Crippen LogP contribution in [0.2, 0.25) is 0 Å². The van der Waals surface area contributed by atoms with Gasteiger partial charge in [-0.25, -0.2) is 0 Å². The van der Waals surface area contributed by atoms with Crippen LogP contribution in [0.15, 0.2) is 35.5 Å². The van der Waals surface area contributed by atoms with Crippen molar-refractivity contribution in [2.24, 2.45) is 10.8 Å². The first kappa shape index (κ1) is 18.1. The maximum absolute atomic E-state index is 11.9. The van der Waals surface area contributed by atoms with E-state index in [1.807, 2.05) is 6.08 Å². The van der Waals surface area contributed by atoms with Crippen molar-refractivity contribution in [1.29, 1.82) is 0 Å². The van der Waals surface area contributed by atoms with Crippen LogP contribution < -0.4 is 0 Å². The highest BCUT2D eigenvalue weighted by Crippen LogP contribution is 2.26. The maximum atomic E-state index is 11.9. The first-order chi connectivity index (χ1) is 10.1. The van der Waals surface area contributed by atoms with Crippen molar-refractivity contribution < 1.29 is 4.79 Å². The van der Waals surface area contributed by atoms with Crippen LogP contribution in [0.3, 0.4) is 0 Å². The molecule has 1 aliphatic carbocycles. The van der Waals surface area contributed by atoms with Gasteiger partial charge in [-0.15, -0.1) is 0 Å². The van der Waals surface area contributed by atoms with E-state index in [0.717, 1.165) is 11.1 Å². The summed E-state index contributed by atoms with van der Waals surface area (Å²) in [7, 11) is 0. The second-order valence-electron chi connectivity index (χ2n) is 7.56. The highest BCUT2D eigenvalue weighted by Gasteiger charge is 2.16. The van der Waals surface area contributed by atoms with Gasteiger partial charge in [-0.05, 0) is 41.2 Å². The first-order valence-electron chi connectivity index (χ1n) is 7.75. The van der Waals surface area contributed by atoms with Crippen molar-refractivity contribution in [2.75, 3.05) is 0 Å². The Balaban J connectivity index is 3.27. The van der Waals surface area contributed by atoms with Gasteiger partial charge >= 0.3 is 0 Å². The van der Waals surface area contributed by atoms with Crippen LogP contribution in [0.1, 0.15) is 54.4 Å². The Hall–Kier alpha value is -1.99. The number of allylic oxidation sites excluding steroid dienone is 6. The van der Waals surface area contributed by atoms with Crippen LogP contribution in [-0.4, -0.2) is 5.78 Å². The number of hydrogen-bond acceptors (Lipinski definition) is 1. The molecule has 0 heterocycles. The zero-order valence-electron chi connectivity index (χ0n) is 14.6. The molecule has 0 aromatic carbocycles. The molecule has 0 aromatic rings.